The fraction of sp³-hybridized carbons (Fsp3) is 0.259. The van der Waals surface area contributed by atoms with Gasteiger partial charge in [0.2, 0.25) is 0 Å². The van der Waals surface area contributed by atoms with Crippen LogP contribution in [-0.4, -0.2) is 22.9 Å². The third kappa shape index (κ3) is 5.60. The van der Waals surface area contributed by atoms with Crippen molar-refractivity contribution in [2.45, 2.75) is 38.7 Å². The van der Waals surface area contributed by atoms with E-state index in [2.05, 4.69) is 6.92 Å². The molecule has 0 aromatic heterocycles. The Balaban J connectivity index is 1.18. The second-order valence-corrected chi connectivity index (χ2v) is 8.01. The molecule has 4 rings (SSSR count). The van der Waals surface area contributed by atoms with Gasteiger partial charge in [-0.05, 0) is 103 Å². The van der Waals surface area contributed by atoms with Crippen LogP contribution in [0.5, 0.6) is 23.0 Å². The predicted octanol–water partition coefficient (Wildman–Crippen LogP) is 6.81. The molecule has 0 bridgehead atoms. The van der Waals surface area contributed by atoms with Gasteiger partial charge < -0.3 is 19.7 Å². The van der Waals surface area contributed by atoms with Gasteiger partial charge in [-0.15, -0.1) is 0 Å². The van der Waals surface area contributed by atoms with E-state index in [1.165, 1.54) is 0 Å². The van der Waals surface area contributed by atoms with Gasteiger partial charge in [0.25, 0.3) is 0 Å². The molecule has 0 aliphatic heterocycles. The Morgan fingerprint density at radius 2 is 1.23 bits per heavy atom. The molecule has 0 aliphatic carbocycles. The summed E-state index contributed by atoms with van der Waals surface area (Å²) < 4.78 is 11.9. The Morgan fingerprint density at radius 3 is 1.90 bits per heavy atom. The second kappa shape index (κ2) is 9.61. The van der Waals surface area contributed by atoms with E-state index in [9.17, 15) is 10.2 Å². The van der Waals surface area contributed by atoms with Gasteiger partial charge in [-0.3, -0.25) is 0 Å². The lowest BCUT2D eigenvalue weighted by molar-refractivity contribution is 0.205. The van der Waals surface area contributed by atoms with Crippen LogP contribution in [0.3, 0.4) is 0 Å². The number of ether oxygens (including phenoxy) is 2. The molecular formula is C27H28O4. The van der Waals surface area contributed by atoms with E-state index in [0.717, 1.165) is 58.7 Å². The van der Waals surface area contributed by atoms with Gasteiger partial charge >= 0.3 is 0 Å². The van der Waals surface area contributed by atoms with Crippen LogP contribution in [-0.2, 0) is 0 Å². The third-order valence-corrected chi connectivity index (χ3v) is 5.45. The number of unbranched alkanes of at least 4 members (excludes halogenated alkanes) is 2. The van der Waals surface area contributed by atoms with E-state index in [0.29, 0.717) is 6.61 Å². The van der Waals surface area contributed by atoms with Crippen molar-refractivity contribution >= 4 is 21.5 Å². The largest absolute Gasteiger partial charge is 0.508 e. The van der Waals surface area contributed by atoms with Crippen LogP contribution in [0.25, 0.3) is 21.5 Å². The smallest absolute Gasteiger partial charge is 0.120 e. The standard InChI is InChI=1S/C27H28O4/c1-19(31-27-13-9-21-7-11-25(29)16-23(21)18-27)5-3-2-4-14-30-26-12-8-20-6-10-24(28)15-22(20)17-26/h6-13,15-19,28-29H,2-5,14H2,1H3. The molecule has 0 saturated heterocycles. The van der Waals surface area contributed by atoms with E-state index >= 15 is 0 Å². The molecule has 0 spiro atoms. The Morgan fingerprint density at radius 1 is 0.645 bits per heavy atom. The van der Waals surface area contributed by atoms with Gasteiger partial charge in [0, 0.05) is 0 Å². The molecule has 4 nitrogen and oxygen atoms in total. The van der Waals surface area contributed by atoms with Gasteiger partial charge in [-0.2, -0.15) is 0 Å². The fourth-order valence-corrected chi connectivity index (χ4v) is 3.78. The van der Waals surface area contributed by atoms with Crippen LogP contribution in [0.4, 0.5) is 0 Å². The highest BCUT2D eigenvalue weighted by atomic mass is 16.5. The molecule has 0 fully saturated rings. The zero-order valence-corrected chi connectivity index (χ0v) is 17.8. The average Bonchev–Trinajstić information content (AvgIpc) is 2.75. The maximum Gasteiger partial charge on any atom is 0.120 e. The predicted molar refractivity (Wildman–Crippen MR) is 125 cm³/mol. The van der Waals surface area contributed by atoms with Crippen LogP contribution in [0.15, 0.2) is 72.8 Å². The summed E-state index contributed by atoms with van der Waals surface area (Å²) in [6.07, 6.45) is 4.25. The van der Waals surface area contributed by atoms with E-state index < -0.39 is 0 Å². The van der Waals surface area contributed by atoms with E-state index in [4.69, 9.17) is 9.47 Å². The molecular weight excluding hydrogens is 388 g/mol. The summed E-state index contributed by atoms with van der Waals surface area (Å²) in [6, 6.07) is 22.6. The Labute approximate surface area is 182 Å². The summed E-state index contributed by atoms with van der Waals surface area (Å²) in [5, 5.41) is 23.4. The SMILES string of the molecule is CC(CCCCCOc1ccc2ccc(O)cc2c1)Oc1ccc2ccc(O)cc2c1. The Bertz CT molecular complexity index is 1170. The normalized spacial score (nSPS) is 12.2. The molecule has 2 N–H and O–H groups in total. The topological polar surface area (TPSA) is 58.9 Å². The lowest BCUT2D eigenvalue weighted by Gasteiger charge is -2.15. The molecule has 1 unspecified atom stereocenters. The first-order valence-electron chi connectivity index (χ1n) is 10.8. The van der Waals surface area contributed by atoms with Crippen LogP contribution in [0.1, 0.15) is 32.6 Å². The summed E-state index contributed by atoms with van der Waals surface area (Å²) in [4.78, 5) is 0. The molecule has 0 amide bonds. The van der Waals surface area contributed by atoms with E-state index in [1.54, 1.807) is 24.3 Å². The quantitative estimate of drug-likeness (QED) is 0.294. The van der Waals surface area contributed by atoms with Crippen molar-refractivity contribution in [3.8, 4) is 23.0 Å². The molecule has 1 atom stereocenters. The van der Waals surface area contributed by atoms with Gasteiger partial charge in [0.15, 0.2) is 0 Å². The van der Waals surface area contributed by atoms with Gasteiger partial charge in [0.05, 0.1) is 12.7 Å². The first-order chi connectivity index (χ1) is 15.1. The second-order valence-electron chi connectivity index (χ2n) is 8.01. The van der Waals surface area contributed by atoms with Crippen molar-refractivity contribution in [1.29, 1.82) is 0 Å². The summed E-state index contributed by atoms with van der Waals surface area (Å²) >= 11 is 0. The molecule has 0 heterocycles. The van der Waals surface area contributed by atoms with Gasteiger partial charge in [-0.25, -0.2) is 0 Å². The number of benzene rings is 4. The van der Waals surface area contributed by atoms with Crippen molar-refractivity contribution in [3.63, 3.8) is 0 Å². The molecule has 4 aromatic carbocycles. The lowest BCUT2D eigenvalue weighted by atomic mass is 10.1. The first kappa shape index (κ1) is 20.9. The number of aromatic hydroxyl groups is 2. The Hall–Kier alpha value is -3.40. The number of hydrogen-bond donors (Lipinski definition) is 2. The molecule has 0 saturated carbocycles. The van der Waals surface area contributed by atoms with Crippen LogP contribution in [0.2, 0.25) is 0 Å². The molecule has 4 aromatic rings. The molecule has 4 heteroatoms. The number of hydrogen-bond acceptors (Lipinski definition) is 4. The van der Waals surface area contributed by atoms with Crippen LogP contribution < -0.4 is 9.47 Å². The fourth-order valence-electron chi connectivity index (χ4n) is 3.78. The average molecular weight is 417 g/mol. The number of rotatable bonds is 9. The minimum Gasteiger partial charge on any atom is -0.508 e. The van der Waals surface area contributed by atoms with Crippen molar-refractivity contribution in [2.75, 3.05) is 6.61 Å². The zero-order chi connectivity index (χ0) is 21.6. The van der Waals surface area contributed by atoms with Crippen molar-refractivity contribution in [2.24, 2.45) is 0 Å². The highest BCUT2D eigenvalue weighted by Crippen LogP contribution is 2.26. The minimum absolute atomic E-state index is 0.129. The van der Waals surface area contributed by atoms with Crippen LogP contribution in [0, 0.1) is 0 Å². The Kier molecular flexibility index (Phi) is 6.46. The maximum atomic E-state index is 9.66. The van der Waals surface area contributed by atoms with Crippen molar-refractivity contribution in [3.05, 3.63) is 72.8 Å². The first-order valence-corrected chi connectivity index (χ1v) is 10.8. The molecule has 0 aliphatic rings. The zero-order valence-electron chi connectivity index (χ0n) is 17.8. The summed E-state index contributed by atoms with van der Waals surface area (Å²) in [5.74, 6) is 2.19. The molecule has 0 radical (unpaired) electrons. The van der Waals surface area contributed by atoms with E-state index in [1.807, 2.05) is 48.5 Å². The van der Waals surface area contributed by atoms with E-state index in [-0.39, 0.29) is 17.6 Å². The summed E-state index contributed by atoms with van der Waals surface area (Å²) in [6.45, 7) is 2.77. The number of phenolic OH excluding ortho intramolecular Hbond substituents is 2. The highest BCUT2D eigenvalue weighted by molar-refractivity contribution is 5.85. The van der Waals surface area contributed by atoms with Crippen molar-refractivity contribution in [1.82, 2.24) is 0 Å². The maximum absolute atomic E-state index is 9.66. The molecule has 31 heavy (non-hydrogen) atoms. The van der Waals surface area contributed by atoms with Gasteiger partial charge in [0.1, 0.15) is 23.0 Å². The van der Waals surface area contributed by atoms with Gasteiger partial charge in [-0.1, -0.05) is 24.3 Å². The third-order valence-electron chi connectivity index (χ3n) is 5.45. The highest BCUT2D eigenvalue weighted by Gasteiger charge is 2.06. The molecule has 160 valence electrons. The lowest BCUT2D eigenvalue weighted by Crippen LogP contribution is -2.11. The summed E-state index contributed by atoms with van der Waals surface area (Å²) in [7, 11) is 0. The van der Waals surface area contributed by atoms with Crippen LogP contribution >= 0.6 is 0 Å². The number of phenols is 2. The van der Waals surface area contributed by atoms with Crippen molar-refractivity contribution < 1.29 is 19.7 Å². The monoisotopic (exact) mass is 416 g/mol. The minimum atomic E-state index is 0.129. The summed E-state index contributed by atoms with van der Waals surface area (Å²) in [5.41, 5.74) is 0. The number of fused-ring (bicyclic) bond motifs is 2.